The molecular weight excluding hydrogens is 439 g/mol. The van der Waals surface area contributed by atoms with Crippen LogP contribution in [0, 0.1) is 5.82 Å². The van der Waals surface area contributed by atoms with E-state index in [1.54, 1.807) is 25.8 Å². The third-order valence-corrected chi connectivity index (χ3v) is 7.18. The van der Waals surface area contributed by atoms with Crippen LogP contribution in [0.5, 0.6) is 0 Å². The molecule has 3 N–H and O–H groups in total. The number of carbonyl (C=O) groups is 1. The molecule has 29 heavy (non-hydrogen) atoms. The summed E-state index contributed by atoms with van der Waals surface area (Å²) in [5.41, 5.74) is 1.21. The van der Waals surface area contributed by atoms with Crippen LogP contribution in [-0.2, 0) is 16.0 Å². The average molecular weight is 455 g/mol. The van der Waals surface area contributed by atoms with Crippen LogP contribution < -0.4 is 10.0 Å². The van der Waals surface area contributed by atoms with Crippen LogP contribution in [-0.4, -0.2) is 42.5 Å². The van der Waals surface area contributed by atoms with Crippen LogP contribution in [0.3, 0.4) is 0 Å². The number of anilines is 1. The van der Waals surface area contributed by atoms with Crippen molar-refractivity contribution in [3.05, 3.63) is 52.8 Å². The van der Waals surface area contributed by atoms with E-state index in [1.165, 1.54) is 33.8 Å². The molecule has 0 saturated carbocycles. The van der Waals surface area contributed by atoms with Gasteiger partial charge in [0.1, 0.15) is 16.9 Å². The standard InChI is InChI=1S/C17H16ClFN6O2S2/c1-25-14(16(26)23-9-2-3-11(19)10(18)4-9)5-12(24-29(25)27)17-21-7-15(28-17)13-6-20-8-22-13/h2-4,6-8,12,14,24H,5H2,1H3,(H,20,22)(H,23,26). The second-order valence-electron chi connectivity index (χ2n) is 6.36. The number of nitrogens with zero attached hydrogens (tertiary/aromatic N) is 3. The van der Waals surface area contributed by atoms with Crippen LogP contribution in [0.25, 0.3) is 10.6 Å². The van der Waals surface area contributed by atoms with Gasteiger partial charge in [0.25, 0.3) is 0 Å². The quantitative estimate of drug-likeness (QED) is 0.564. The van der Waals surface area contributed by atoms with E-state index in [4.69, 9.17) is 11.6 Å². The minimum atomic E-state index is -1.58. The molecule has 1 saturated heterocycles. The van der Waals surface area contributed by atoms with E-state index in [1.807, 2.05) is 0 Å². The van der Waals surface area contributed by atoms with Crippen LogP contribution in [0.2, 0.25) is 5.02 Å². The molecule has 4 rings (SSSR count). The average Bonchev–Trinajstić information content (AvgIpc) is 3.38. The number of amides is 1. The highest BCUT2D eigenvalue weighted by atomic mass is 35.5. The molecule has 152 valence electrons. The largest absolute Gasteiger partial charge is 0.344 e. The van der Waals surface area contributed by atoms with E-state index in [2.05, 4.69) is 25.0 Å². The molecular formula is C17H16ClFN6O2S2. The van der Waals surface area contributed by atoms with Gasteiger partial charge >= 0.3 is 0 Å². The summed E-state index contributed by atoms with van der Waals surface area (Å²) in [6.45, 7) is 0. The van der Waals surface area contributed by atoms with Crippen molar-refractivity contribution in [3.63, 3.8) is 0 Å². The molecule has 0 bridgehead atoms. The molecule has 3 heterocycles. The van der Waals surface area contributed by atoms with E-state index < -0.39 is 23.0 Å². The van der Waals surface area contributed by atoms with E-state index in [0.29, 0.717) is 12.1 Å². The Balaban J connectivity index is 1.52. The summed E-state index contributed by atoms with van der Waals surface area (Å²) in [6, 6.07) is 2.90. The monoisotopic (exact) mass is 454 g/mol. The van der Waals surface area contributed by atoms with Crippen molar-refractivity contribution in [2.45, 2.75) is 18.5 Å². The van der Waals surface area contributed by atoms with Gasteiger partial charge in [-0.25, -0.2) is 27.6 Å². The minimum absolute atomic E-state index is 0.0861. The highest BCUT2D eigenvalue weighted by molar-refractivity contribution is 7.80. The lowest BCUT2D eigenvalue weighted by atomic mass is 10.1. The zero-order chi connectivity index (χ0) is 20.5. The second-order valence-corrected chi connectivity index (χ2v) is 9.14. The molecule has 8 nitrogen and oxygen atoms in total. The van der Waals surface area contributed by atoms with Crippen molar-refractivity contribution in [3.8, 4) is 10.6 Å². The van der Waals surface area contributed by atoms with Gasteiger partial charge in [-0.2, -0.15) is 0 Å². The summed E-state index contributed by atoms with van der Waals surface area (Å²) in [7, 11) is 1.60. The lowest BCUT2D eigenvalue weighted by molar-refractivity contribution is -0.120. The van der Waals surface area contributed by atoms with Crippen molar-refractivity contribution < 1.29 is 13.4 Å². The first-order valence-corrected chi connectivity index (χ1v) is 10.8. The molecule has 1 aliphatic rings. The lowest BCUT2D eigenvalue weighted by Gasteiger charge is -2.34. The third kappa shape index (κ3) is 4.23. The highest BCUT2D eigenvalue weighted by Gasteiger charge is 2.37. The van der Waals surface area contributed by atoms with Gasteiger partial charge in [-0.3, -0.25) is 4.79 Å². The number of imidazole rings is 1. The molecule has 0 radical (unpaired) electrons. The summed E-state index contributed by atoms with van der Waals surface area (Å²) in [4.78, 5) is 25.1. The topological polar surface area (TPSA) is 103 Å². The maximum atomic E-state index is 13.3. The number of aromatic amines is 1. The fraction of sp³-hybridized carbons (Fsp3) is 0.235. The molecule has 2 aromatic heterocycles. The summed E-state index contributed by atoms with van der Waals surface area (Å²) >= 11 is 5.63. The van der Waals surface area contributed by atoms with E-state index in [9.17, 15) is 13.4 Å². The van der Waals surface area contributed by atoms with Crippen LogP contribution in [0.4, 0.5) is 10.1 Å². The number of aromatic nitrogens is 3. The number of nitrogens with one attached hydrogen (secondary N) is 3. The second kappa shape index (κ2) is 8.28. The fourth-order valence-electron chi connectivity index (χ4n) is 2.93. The van der Waals surface area contributed by atoms with Crippen molar-refractivity contribution in [1.82, 2.24) is 24.0 Å². The van der Waals surface area contributed by atoms with Crippen molar-refractivity contribution in [2.75, 3.05) is 12.4 Å². The number of hydrogen-bond acceptors (Lipinski definition) is 5. The fourth-order valence-corrected chi connectivity index (χ4v) is 5.17. The number of likely N-dealkylation sites (N-methyl/N-ethyl adjacent to an activating group) is 1. The third-order valence-electron chi connectivity index (χ3n) is 4.48. The molecule has 3 unspecified atom stereocenters. The summed E-state index contributed by atoms with van der Waals surface area (Å²) < 4.78 is 30.3. The van der Waals surface area contributed by atoms with E-state index in [0.717, 1.165) is 15.6 Å². The summed E-state index contributed by atoms with van der Waals surface area (Å²) in [5.74, 6) is -0.929. The maximum Gasteiger partial charge on any atom is 0.242 e. The van der Waals surface area contributed by atoms with Gasteiger partial charge in [0, 0.05) is 18.9 Å². The van der Waals surface area contributed by atoms with Gasteiger partial charge in [0.05, 0.1) is 34.2 Å². The molecule has 12 heteroatoms. The number of rotatable bonds is 4. The number of H-pyrrole nitrogens is 1. The first-order chi connectivity index (χ1) is 13.9. The Morgan fingerprint density at radius 3 is 3.00 bits per heavy atom. The Hall–Kier alpha value is -2.18. The summed E-state index contributed by atoms with van der Waals surface area (Å²) in [6.07, 6.45) is 5.35. The maximum absolute atomic E-state index is 13.3. The molecule has 1 amide bonds. The van der Waals surface area contributed by atoms with E-state index >= 15 is 0 Å². The number of hydrogen-bond donors (Lipinski definition) is 3. The smallest absolute Gasteiger partial charge is 0.242 e. The molecule has 1 aromatic carbocycles. The zero-order valence-electron chi connectivity index (χ0n) is 15.1. The van der Waals surface area contributed by atoms with Gasteiger partial charge in [0.15, 0.2) is 11.2 Å². The van der Waals surface area contributed by atoms with Crippen molar-refractivity contribution in [1.29, 1.82) is 0 Å². The number of benzene rings is 1. The predicted octanol–water partition coefficient (Wildman–Crippen LogP) is 2.88. The molecule has 1 fully saturated rings. The van der Waals surface area contributed by atoms with E-state index in [-0.39, 0.29) is 17.0 Å². The Labute approximate surface area is 177 Å². The highest BCUT2D eigenvalue weighted by Crippen LogP contribution is 2.33. The molecule has 3 aromatic rings. The number of carbonyl (C=O) groups excluding carboxylic acids is 1. The number of thiazole rings is 1. The first-order valence-electron chi connectivity index (χ1n) is 8.53. The van der Waals surface area contributed by atoms with Gasteiger partial charge in [-0.15, -0.1) is 11.3 Å². The van der Waals surface area contributed by atoms with Crippen LogP contribution >= 0.6 is 22.9 Å². The number of halogens is 2. The van der Waals surface area contributed by atoms with Gasteiger partial charge in [-0.05, 0) is 24.6 Å². The Bertz CT molecular complexity index is 1060. The molecule has 3 atom stereocenters. The van der Waals surface area contributed by atoms with Gasteiger partial charge in [0.2, 0.25) is 5.91 Å². The predicted molar refractivity (Wildman–Crippen MR) is 110 cm³/mol. The van der Waals surface area contributed by atoms with Gasteiger partial charge < -0.3 is 10.3 Å². The minimum Gasteiger partial charge on any atom is -0.344 e. The Morgan fingerprint density at radius 2 is 2.28 bits per heavy atom. The van der Waals surface area contributed by atoms with Gasteiger partial charge in [-0.1, -0.05) is 11.6 Å². The van der Waals surface area contributed by atoms with Crippen molar-refractivity contribution >= 4 is 45.7 Å². The van der Waals surface area contributed by atoms with Crippen molar-refractivity contribution in [2.24, 2.45) is 0 Å². The summed E-state index contributed by atoms with van der Waals surface area (Å²) in [5, 5.41) is 3.34. The lowest BCUT2D eigenvalue weighted by Crippen LogP contribution is -2.53. The zero-order valence-corrected chi connectivity index (χ0v) is 17.4. The Morgan fingerprint density at radius 1 is 1.45 bits per heavy atom. The molecule has 0 spiro atoms. The van der Waals surface area contributed by atoms with Crippen LogP contribution in [0.1, 0.15) is 17.5 Å². The SMILES string of the molecule is CN1C(C(=O)Nc2ccc(F)c(Cl)c2)CC(c2ncc(-c3cnc[nH]3)s2)NS1=O. The van der Waals surface area contributed by atoms with Crippen LogP contribution in [0.15, 0.2) is 36.9 Å². The Kier molecular flexibility index (Phi) is 5.74. The molecule has 0 aliphatic carbocycles. The normalized spacial score (nSPS) is 22.5. The first kappa shape index (κ1) is 20.1. The molecule has 1 aliphatic heterocycles.